The van der Waals surface area contributed by atoms with Crippen molar-refractivity contribution < 1.29 is 14.4 Å². The van der Waals surface area contributed by atoms with Crippen molar-refractivity contribution in [3.05, 3.63) is 95.3 Å². The fourth-order valence-corrected chi connectivity index (χ4v) is 4.29. The smallest absolute Gasteiger partial charge is 0.254 e. The van der Waals surface area contributed by atoms with Gasteiger partial charge >= 0.3 is 0 Å². The zero-order valence-corrected chi connectivity index (χ0v) is 19.3. The van der Waals surface area contributed by atoms with Gasteiger partial charge in [-0.2, -0.15) is 0 Å². The first-order valence-electron chi connectivity index (χ1n) is 11.5. The second kappa shape index (κ2) is 9.42. The standard InChI is InChI=1S/C27H25N5O3/c1-18-30-23-15-21(11-12-24(23)32(18)22-5-3-2-4-6-22)26(34)29-16-19-7-9-20(10-8-19)27(35)31-14-13-28-25(33)17-31/h2-12,15H,13-14,16-17H2,1H3,(H,28,33)(H,29,34). The Kier molecular flexibility index (Phi) is 6.01. The van der Waals surface area contributed by atoms with Crippen LogP contribution in [-0.4, -0.2) is 51.8 Å². The molecule has 176 valence electrons. The number of aromatic nitrogens is 2. The second-order valence-electron chi connectivity index (χ2n) is 8.49. The molecule has 0 spiro atoms. The molecule has 1 saturated heterocycles. The first-order chi connectivity index (χ1) is 17.0. The molecule has 35 heavy (non-hydrogen) atoms. The van der Waals surface area contributed by atoms with E-state index in [1.807, 2.05) is 55.5 Å². The fraction of sp³-hybridized carbons (Fsp3) is 0.185. The molecule has 2 N–H and O–H groups in total. The van der Waals surface area contributed by atoms with Crippen LogP contribution in [0.5, 0.6) is 0 Å². The third-order valence-electron chi connectivity index (χ3n) is 6.08. The minimum atomic E-state index is -0.196. The summed E-state index contributed by atoms with van der Waals surface area (Å²) in [5, 5.41) is 5.64. The monoisotopic (exact) mass is 467 g/mol. The summed E-state index contributed by atoms with van der Waals surface area (Å²) in [7, 11) is 0. The number of carbonyl (C=O) groups excluding carboxylic acids is 3. The molecule has 0 saturated carbocycles. The number of hydrogen-bond acceptors (Lipinski definition) is 4. The number of carbonyl (C=O) groups is 3. The van der Waals surface area contributed by atoms with E-state index in [1.54, 1.807) is 24.3 Å². The lowest BCUT2D eigenvalue weighted by Gasteiger charge is -2.26. The Morgan fingerprint density at radius 1 is 1.00 bits per heavy atom. The molecule has 8 heteroatoms. The molecule has 1 aliphatic heterocycles. The van der Waals surface area contributed by atoms with E-state index in [-0.39, 0.29) is 24.3 Å². The van der Waals surface area contributed by atoms with Crippen LogP contribution in [0.4, 0.5) is 0 Å². The molecule has 0 atom stereocenters. The topological polar surface area (TPSA) is 96.3 Å². The van der Waals surface area contributed by atoms with Crippen molar-refractivity contribution in [1.82, 2.24) is 25.1 Å². The summed E-state index contributed by atoms with van der Waals surface area (Å²) in [6, 6.07) is 22.6. The van der Waals surface area contributed by atoms with Crippen LogP contribution in [0.1, 0.15) is 32.1 Å². The van der Waals surface area contributed by atoms with Gasteiger partial charge in [0.1, 0.15) is 5.82 Å². The van der Waals surface area contributed by atoms with Gasteiger partial charge in [0.25, 0.3) is 11.8 Å². The van der Waals surface area contributed by atoms with E-state index in [1.165, 1.54) is 4.90 Å². The number of nitrogens with zero attached hydrogens (tertiary/aromatic N) is 3. The third kappa shape index (κ3) is 4.63. The average molecular weight is 468 g/mol. The van der Waals surface area contributed by atoms with Gasteiger partial charge in [-0.25, -0.2) is 4.98 Å². The summed E-state index contributed by atoms with van der Waals surface area (Å²) in [4.78, 5) is 43.1. The maximum absolute atomic E-state index is 12.8. The Morgan fingerprint density at radius 2 is 1.74 bits per heavy atom. The zero-order valence-electron chi connectivity index (χ0n) is 19.3. The van der Waals surface area contributed by atoms with Gasteiger partial charge < -0.3 is 15.5 Å². The van der Waals surface area contributed by atoms with Crippen LogP contribution >= 0.6 is 0 Å². The van der Waals surface area contributed by atoms with Crippen LogP contribution in [0.25, 0.3) is 16.7 Å². The number of amides is 3. The Balaban J connectivity index is 1.25. The summed E-state index contributed by atoms with van der Waals surface area (Å²) in [5.41, 5.74) is 4.65. The quantitative estimate of drug-likeness (QED) is 0.472. The molecule has 3 aromatic carbocycles. The normalized spacial score (nSPS) is 13.5. The molecule has 1 aliphatic rings. The summed E-state index contributed by atoms with van der Waals surface area (Å²) in [6.45, 7) is 3.31. The minimum Gasteiger partial charge on any atom is -0.353 e. The van der Waals surface area contributed by atoms with Crippen molar-refractivity contribution in [2.45, 2.75) is 13.5 Å². The van der Waals surface area contributed by atoms with Crippen LogP contribution in [0, 0.1) is 6.92 Å². The minimum absolute atomic E-state index is 0.0735. The van der Waals surface area contributed by atoms with Crippen molar-refractivity contribution in [2.75, 3.05) is 19.6 Å². The molecule has 8 nitrogen and oxygen atoms in total. The Bertz CT molecular complexity index is 1410. The van der Waals surface area contributed by atoms with Gasteiger partial charge in [-0.15, -0.1) is 0 Å². The number of piperazine rings is 1. The predicted octanol–water partition coefficient (Wildman–Crippen LogP) is 2.84. The third-order valence-corrected chi connectivity index (χ3v) is 6.08. The van der Waals surface area contributed by atoms with E-state index in [0.717, 1.165) is 28.1 Å². The first kappa shape index (κ1) is 22.3. The van der Waals surface area contributed by atoms with Gasteiger partial charge in [0.2, 0.25) is 5.91 Å². The van der Waals surface area contributed by atoms with Crippen molar-refractivity contribution in [2.24, 2.45) is 0 Å². The van der Waals surface area contributed by atoms with Gasteiger partial charge in [-0.05, 0) is 55.0 Å². The molecule has 4 aromatic rings. The van der Waals surface area contributed by atoms with E-state index >= 15 is 0 Å². The summed E-state index contributed by atoms with van der Waals surface area (Å²) in [6.07, 6.45) is 0. The van der Waals surface area contributed by atoms with Crippen molar-refractivity contribution in [1.29, 1.82) is 0 Å². The van der Waals surface area contributed by atoms with Crippen LogP contribution < -0.4 is 10.6 Å². The van der Waals surface area contributed by atoms with E-state index < -0.39 is 0 Å². The average Bonchev–Trinajstić information content (AvgIpc) is 3.22. The number of rotatable bonds is 5. The lowest BCUT2D eigenvalue weighted by Crippen LogP contribution is -2.49. The van der Waals surface area contributed by atoms with Gasteiger partial charge in [0.05, 0.1) is 17.6 Å². The van der Waals surface area contributed by atoms with E-state index in [2.05, 4.69) is 20.2 Å². The first-order valence-corrected chi connectivity index (χ1v) is 11.5. The molecule has 0 unspecified atom stereocenters. The molecular formula is C27H25N5O3. The second-order valence-corrected chi connectivity index (χ2v) is 8.49. The van der Waals surface area contributed by atoms with Gasteiger partial charge in [0.15, 0.2) is 0 Å². The number of para-hydroxylation sites is 1. The van der Waals surface area contributed by atoms with Gasteiger partial charge in [-0.3, -0.25) is 19.0 Å². The van der Waals surface area contributed by atoms with Crippen LogP contribution in [-0.2, 0) is 11.3 Å². The highest BCUT2D eigenvalue weighted by Crippen LogP contribution is 2.22. The number of benzene rings is 3. The highest BCUT2D eigenvalue weighted by molar-refractivity contribution is 5.98. The number of hydrogen-bond donors (Lipinski definition) is 2. The molecule has 0 aliphatic carbocycles. The molecular weight excluding hydrogens is 442 g/mol. The number of fused-ring (bicyclic) bond motifs is 1. The van der Waals surface area contributed by atoms with E-state index in [0.29, 0.717) is 30.8 Å². The van der Waals surface area contributed by atoms with E-state index in [4.69, 9.17) is 0 Å². The molecule has 0 radical (unpaired) electrons. The maximum Gasteiger partial charge on any atom is 0.254 e. The van der Waals surface area contributed by atoms with Crippen molar-refractivity contribution in [3.63, 3.8) is 0 Å². The summed E-state index contributed by atoms with van der Waals surface area (Å²) < 4.78 is 2.07. The van der Waals surface area contributed by atoms with E-state index in [9.17, 15) is 14.4 Å². The van der Waals surface area contributed by atoms with Crippen LogP contribution in [0.3, 0.4) is 0 Å². The molecule has 3 amide bonds. The zero-order chi connectivity index (χ0) is 24.4. The fourth-order valence-electron chi connectivity index (χ4n) is 4.29. The maximum atomic E-state index is 12.8. The Hall–Kier alpha value is -4.46. The number of nitrogens with one attached hydrogen (secondary N) is 2. The summed E-state index contributed by atoms with van der Waals surface area (Å²) in [5.74, 6) is 0.333. The number of aryl methyl sites for hydroxylation is 1. The van der Waals surface area contributed by atoms with Gasteiger partial charge in [0, 0.05) is 36.4 Å². The Morgan fingerprint density at radius 3 is 2.49 bits per heavy atom. The van der Waals surface area contributed by atoms with Crippen molar-refractivity contribution in [3.8, 4) is 5.69 Å². The molecule has 5 rings (SSSR count). The Labute approximate surface area is 202 Å². The lowest BCUT2D eigenvalue weighted by molar-refractivity contribution is -0.123. The summed E-state index contributed by atoms with van der Waals surface area (Å²) >= 11 is 0. The molecule has 2 heterocycles. The largest absolute Gasteiger partial charge is 0.353 e. The highest BCUT2D eigenvalue weighted by Gasteiger charge is 2.22. The lowest BCUT2D eigenvalue weighted by atomic mass is 10.1. The molecule has 1 fully saturated rings. The van der Waals surface area contributed by atoms with Gasteiger partial charge in [-0.1, -0.05) is 30.3 Å². The van der Waals surface area contributed by atoms with Crippen molar-refractivity contribution >= 4 is 28.8 Å². The SMILES string of the molecule is Cc1nc2cc(C(=O)NCc3ccc(C(=O)N4CCNC(=O)C4)cc3)ccc2n1-c1ccccc1. The molecule has 1 aromatic heterocycles. The van der Waals surface area contributed by atoms with Crippen LogP contribution in [0.15, 0.2) is 72.8 Å². The predicted molar refractivity (Wildman–Crippen MR) is 132 cm³/mol. The number of imidazole rings is 1. The highest BCUT2D eigenvalue weighted by atomic mass is 16.2. The van der Waals surface area contributed by atoms with Crippen LogP contribution in [0.2, 0.25) is 0 Å². The molecule has 0 bridgehead atoms.